The summed E-state index contributed by atoms with van der Waals surface area (Å²) in [4.78, 5) is 13.4. The summed E-state index contributed by atoms with van der Waals surface area (Å²) in [6.07, 6.45) is 3.51. The van der Waals surface area contributed by atoms with Crippen LogP contribution in [0.1, 0.15) is 11.1 Å². The molecular formula is C22H20N4O. The van der Waals surface area contributed by atoms with E-state index in [-0.39, 0.29) is 0 Å². The Balaban J connectivity index is 1.72. The van der Waals surface area contributed by atoms with Gasteiger partial charge in [-0.25, -0.2) is 9.97 Å². The van der Waals surface area contributed by atoms with Crippen LogP contribution < -0.4 is 4.74 Å². The fourth-order valence-corrected chi connectivity index (χ4v) is 2.96. The molecular weight excluding hydrogens is 336 g/mol. The summed E-state index contributed by atoms with van der Waals surface area (Å²) in [6.45, 7) is 4.09. The van der Waals surface area contributed by atoms with E-state index >= 15 is 0 Å². The quantitative estimate of drug-likeness (QED) is 0.519. The van der Waals surface area contributed by atoms with Gasteiger partial charge in [-0.2, -0.15) is 4.98 Å². The van der Waals surface area contributed by atoms with Crippen LogP contribution in [-0.2, 0) is 7.05 Å². The Morgan fingerprint density at radius 2 is 1.70 bits per heavy atom. The van der Waals surface area contributed by atoms with E-state index in [1.807, 2.05) is 48.9 Å². The molecule has 0 radical (unpaired) electrons. The van der Waals surface area contributed by atoms with Crippen LogP contribution in [-0.4, -0.2) is 19.5 Å². The molecule has 0 saturated carbocycles. The highest BCUT2D eigenvalue weighted by atomic mass is 16.5. The number of rotatable bonds is 4. The molecule has 4 aromatic rings. The molecule has 4 rings (SSSR count). The van der Waals surface area contributed by atoms with Crippen molar-refractivity contribution in [1.82, 2.24) is 19.5 Å². The number of ether oxygens (including phenoxy) is 1. The fraction of sp³-hybridized carbons (Fsp3) is 0.136. The molecule has 0 saturated heterocycles. The summed E-state index contributed by atoms with van der Waals surface area (Å²) < 4.78 is 7.81. The zero-order chi connectivity index (χ0) is 18.8. The van der Waals surface area contributed by atoms with E-state index in [9.17, 15) is 0 Å². The zero-order valence-corrected chi connectivity index (χ0v) is 15.5. The SMILES string of the molecule is Cc1ccc(-c2ncn(C)c2-c2ccnc(Oc3cccc(C)c3)n2)cc1. The van der Waals surface area contributed by atoms with Crippen molar-refractivity contribution in [1.29, 1.82) is 0 Å². The lowest BCUT2D eigenvalue weighted by Gasteiger charge is -2.09. The topological polar surface area (TPSA) is 52.8 Å². The van der Waals surface area contributed by atoms with Crippen LogP contribution in [0.4, 0.5) is 0 Å². The van der Waals surface area contributed by atoms with Crippen molar-refractivity contribution in [2.24, 2.45) is 7.05 Å². The summed E-state index contributed by atoms with van der Waals surface area (Å²) in [5.74, 6) is 0.718. The molecule has 2 heterocycles. The van der Waals surface area contributed by atoms with Crippen LogP contribution in [0.2, 0.25) is 0 Å². The van der Waals surface area contributed by atoms with E-state index in [1.165, 1.54) is 5.56 Å². The molecule has 0 aliphatic carbocycles. The van der Waals surface area contributed by atoms with Crippen LogP contribution >= 0.6 is 0 Å². The summed E-state index contributed by atoms with van der Waals surface area (Å²) >= 11 is 0. The van der Waals surface area contributed by atoms with E-state index in [4.69, 9.17) is 4.74 Å². The summed E-state index contributed by atoms with van der Waals surface area (Å²) in [5.41, 5.74) is 5.97. The summed E-state index contributed by atoms with van der Waals surface area (Å²) in [5, 5.41) is 0. The molecule has 134 valence electrons. The van der Waals surface area contributed by atoms with Crippen LogP contribution in [0.15, 0.2) is 67.1 Å². The van der Waals surface area contributed by atoms with E-state index in [2.05, 4.69) is 46.1 Å². The first-order chi connectivity index (χ1) is 13.1. The van der Waals surface area contributed by atoms with Gasteiger partial charge in [0.15, 0.2) is 0 Å². The minimum absolute atomic E-state index is 0.314. The van der Waals surface area contributed by atoms with Crippen LogP contribution in [0.3, 0.4) is 0 Å². The third kappa shape index (κ3) is 3.58. The molecule has 5 heteroatoms. The number of hydrogen-bond donors (Lipinski definition) is 0. The Kier molecular flexibility index (Phi) is 4.42. The minimum Gasteiger partial charge on any atom is -0.424 e. The lowest BCUT2D eigenvalue weighted by molar-refractivity contribution is 0.442. The summed E-state index contributed by atoms with van der Waals surface area (Å²) in [6, 6.07) is 18.3. The summed E-state index contributed by atoms with van der Waals surface area (Å²) in [7, 11) is 1.96. The molecule has 0 N–H and O–H groups in total. The van der Waals surface area contributed by atoms with Gasteiger partial charge in [-0.3, -0.25) is 0 Å². The van der Waals surface area contributed by atoms with Gasteiger partial charge in [-0.1, -0.05) is 42.0 Å². The van der Waals surface area contributed by atoms with E-state index in [1.54, 1.807) is 12.5 Å². The van der Waals surface area contributed by atoms with Gasteiger partial charge in [0.1, 0.15) is 5.75 Å². The average molecular weight is 356 g/mol. The van der Waals surface area contributed by atoms with Crippen molar-refractivity contribution in [3.8, 4) is 34.4 Å². The maximum absolute atomic E-state index is 5.85. The van der Waals surface area contributed by atoms with Crippen molar-refractivity contribution in [2.75, 3.05) is 0 Å². The van der Waals surface area contributed by atoms with Crippen molar-refractivity contribution >= 4 is 0 Å². The van der Waals surface area contributed by atoms with Gasteiger partial charge >= 0.3 is 6.01 Å². The average Bonchev–Trinajstić information content (AvgIpc) is 3.04. The number of imidazole rings is 1. The normalized spacial score (nSPS) is 10.8. The van der Waals surface area contributed by atoms with Gasteiger partial charge in [0.25, 0.3) is 0 Å². The predicted molar refractivity (Wildman–Crippen MR) is 106 cm³/mol. The van der Waals surface area contributed by atoms with Gasteiger partial charge in [0.2, 0.25) is 0 Å². The third-order valence-corrected chi connectivity index (χ3v) is 4.34. The Bertz CT molecular complexity index is 1080. The molecule has 0 atom stereocenters. The van der Waals surface area contributed by atoms with Crippen molar-refractivity contribution in [2.45, 2.75) is 13.8 Å². The predicted octanol–water partition coefficient (Wildman–Crippen LogP) is 4.95. The Labute approximate surface area is 158 Å². The first-order valence-electron chi connectivity index (χ1n) is 8.76. The van der Waals surface area contributed by atoms with Gasteiger partial charge < -0.3 is 9.30 Å². The molecule has 0 aliphatic heterocycles. The Morgan fingerprint density at radius 1 is 0.889 bits per heavy atom. The molecule has 0 amide bonds. The molecule has 0 unspecified atom stereocenters. The molecule has 5 nitrogen and oxygen atoms in total. The highest BCUT2D eigenvalue weighted by Crippen LogP contribution is 2.30. The highest BCUT2D eigenvalue weighted by molar-refractivity contribution is 5.76. The van der Waals surface area contributed by atoms with Gasteiger partial charge in [0, 0.05) is 18.8 Å². The number of nitrogens with zero attached hydrogens (tertiary/aromatic N) is 4. The molecule has 0 aliphatic rings. The number of hydrogen-bond acceptors (Lipinski definition) is 4. The standard InChI is InChI=1S/C22H20N4O/c1-15-7-9-17(10-8-15)20-21(26(3)14-24-20)19-11-12-23-22(25-19)27-18-6-4-5-16(2)13-18/h4-14H,1-3H3. The smallest absolute Gasteiger partial charge is 0.322 e. The van der Waals surface area contributed by atoms with Crippen molar-refractivity contribution in [3.63, 3.8) is 0 Å². The number of aryl methyl sites for hydroxylation is 3. The molecule has 2 aromatic heterocycles. The van der Waals surface area contributed by atoms with Gasteiger partial charge in [0.05, 0.1) is 23.4 Å². The van der Waals surface area contributed by atoms with E-state index in [0.717, 1.165) is 34.0 Å². The maximum Gasteiger partial charge on any atom is 0.322 e. The van der Waals surface area contributed by atoms with Crippen LogP contribution in [0.25, 0.3) is 22.6 Å². The molecule has 27 heavy (non-hydrogen) atoms. The van der Waals surface area contributed by atoms with Gasteiger partial charge in [-0.05, 0) is 37.6 Å². The molecule has 0 bridgehead atoms. The van der Waals surface area contributed by atoms with Gasteiger partial charge in [-0.15, -0.1) is 0 Å². The second kappa shape index (κ2) is 7.03. The largest absolute Gasteiger partial charge is 0.424 e. The second-order valence-electron chi connectivity index (χ2n) is 6.56. The first-order valence-corrected chi connectivity index (χ1v) is 8.76. The van der Waals surface area contributed by atoms with E-state index < -0.39 is 0 Å². The van der Waals surface area contributed by atoms with Crippen molar-refractivity contribution < 1.29 is 4.74 Å². The molecule has 0 spiro atoms. The third-order valence-electron chi connectivity index (χ3n) is 4.34. The van der Waals surface area contributed by atoms with Crippen LogP contribution in [0, 0.1) is 13.8 Å². The minimum atomic E-state index is 0.314. The van der Waals surface area contributed by atoms with Crippen molar-refractivity contribution in [3.05, 3.63) is 78.2 Å². The first kappa shape index (κ1) is 17.0. The lowest BCUT2D eigenvalue weighted by Crippen LogP contribution is -1.98. The van der Waals surface area contributed by atoms with Crippen LogP contribution in [0.5, 0.6) is 11.8 Å². The Hall–Kier alpha value is -3.47. The van der Waals surface area contributed by atoms with E-state index in [0.29, 0.717) is 6.01 Å². The maximum atomic E-state index is 5.85. The highest BCUT2D eigenvalue weighted by Gasteiger charge is 2.15. The molecule has 0 fully saturated rings. The Morgan fingerprint density at radius 3 is 2.48 bits per heavy atom. The number of aromatic nitrogens is 4. The zero-order valence-electron chi connectivity index (χ0n) is 15.5. The number of benzene rings is 2. The second-order valence-corrected chi connectivity index (χ2v) is 6.56. The lowest BCUT2D eigenvalue weighted by atomic mass is 10.1. The fourth-order valence-electron chi connectivity index (χ4n) is 2.96. The monoisotopic (exact) mass is 356 g/mol. The molecule has 2 aromatic carbocycles.